The van der Waals surface area contributed by atoms with Crippen molar-refractivity contribution in [2.75, 3.05) is 6.61 Å². The molecule has 2 nitrogen and oxygen atoms in total. The zero-order valence-electron chi connectivity index (χ0n) is 18.5. The van der Waals surface area contributed by atoms with E-state index in [-0.39, 0.29) is 11.8 Å². The molecule has 0 saturated heterocycles. The first-order chi connectivity index (χ1) is 14.6. The number of hydrogen-bond acceptors (Lipinski definition) is 2. The van der Waals surface area contributed by atoms with E-state index in [1.165, 1.54) is 44.9 Å². The molecule has 0 unspecified atom stereocenters. The normalized spacial score (nSPS) is 18.9. The molecule has 0 amide bonds. The highest BCUT2D eigenvalue weighted by Gasteiger charge is 2.23. The van der Waals surface area contributed by atoms with E-state index in [0.717, 1.165) is 29.9 Å². The second-order valence-corrected chi connectivity index (χ2v) is 8.67. The van der Waals surface area contributed by atoms with Crippen molar-refractivity contribution < 1.29 is 13.9 Å². The van der Waals surface area contributed by atoms with Crippen molar-refractivity contribution in [3.05, 3.63) is 59.4 Å². The number of carbonyl (C=O) groups excluding carboxylic acids is 1. The molecule has 3 rings (SSSR count). The second kappa shape index (κ2) is 11.3. The molecular formula is C27H35FO2. The quantitative estimate of drug-likeness (QED) is 0.310. The zero-order valence-corrected chi connectivity index (χ0v) is 18.5. The van der Waals surface area contributed by atoms with E-state index in [0.29, 0.717) is 23.7 Å². The molecule has 2 aromatic rings. The molecule has 1 aliphatic carbocycles. The van der Waals surface area contributed by atoms with Crippen LogP contribution in [0.4, 0.5) is 4.39 Å². The zero-order chi connectivity index (χ0) is 21.3. The fourth-order valence-corrected chi connectivity index (χ4v) is 4.48. The Hall–Kier alpha value is -2.16. The molecule has 0 heterocycles. The van der Waals surface area contributed by atoms with E-state index in [4.69, 9.17) is 4.74 Å². The first-order valence-electron chi connectivity index (χ1n) is 11.7. The minimum atomic E-state index is -0.319. The third kappa shape index (κ3) is 5.93. The average Bonchev–Trinajstić information content (AvgIpc) is 2.78. The van der Waals surface area contributed by atoms with Gasteiger partial charge in [-0.3, -0.25) is 0 Å². The molecule has 30 heavy (non-hydrogen) atoms. The van der Waals surface area contributed by atoms with Crippen LogP contribution in [0.25, 0.3) is 11.1 Å². The molecule has 0 spiro atoms. The lowest BCUT2D eigenvalue weighted by Crippen LogP contribution is -2.13. The monoisotopic (exact) mass is 410 g/mol. The van der Waals surface area contributed by atoms with Gasteiger partial charge in [0.25, 0.3) is 0 Å². The number of ether oxygens (including phenoxy) is 1. The third-order valence-electron chi connectivity index (χ3n) is 6.44. The molecule has 2 aromatic carbocycles. The Morgan fingerprint density at radius 1 is 0.967 bits per heavy atom. The molecule has 0 N–H and O–H groups in total. The van der Waals surface area contributed by atoms with Crippen LogP contribution in [0, 0.1) is 11.7 Å². The molecule has 1 saturated carbocycles. The molecule has 0 aliphatic heterocycles. The van der Waals surface area contributed by atoms with E-state index < -0.39 is 0 Å². The van der Waals surface area contributed by atoms with Crippen molar-refractivity contribution in [3.8, 4) is 11.1 Å². The van der Waals surface area contributed by atoms with Crippen LogP contribution in [0.2, 0.25) is 0 Å². The largest absolute Gasteiger partial charge is 0.462 e. The molecule has 0 radical (unpaired) electrons. The van der Waals surface area contributed by atoms with Crippen LogP contribution in [0.1, 0.15) is 93.5 Å². The van der Waals surface area contributed by atoms with Crippen LogP contribution in [-0.2, 0) is 4.74 Å². The third-order valence-corrected chi connectivity index (χ3v) is 6.44. The maximum absolute atomic E-state index is 14.9. The van der Waals surface area contributed by atoms with Crippen molar-refractivity contribution in [2.45, 2.75) is 77.6 Å². The van der Waals surface area contributed by atoms with Crippen LogP contribution in [0.3, 0.4) is 0 Å². The maximum atomic E-state index is 14.9. The maximum Gasteiger partial charge on any atom is 0.338 e. The Kier molecular flexibility index (Phi) is 8.48. The fraction of sp³-hybridized carbons (Fsp3) is 0.519. The molecule has 1 aliphatic rings. The van der Waals surface area contributed by atoms with Gasteiger partial charge in [-0.2, -0.15) is 0 Å². The van der Waals surface area contributed by atoms with Gasteiger partial charge >= 0.3 is 5.97 Å². The van der Waals surface area contributed by atoms with Gasteiger partial charge in [-0.1, -0.05) is 63.8 Å². The van der Waals surface area contributed by atoms with Crippen molar-refractivity contribution >= 4 is 5.97 Å². The first-order valence-corrected chi connectivity index (χ1v) is 11.7. The lowest BCUT2D eigenvalue weighted by Gasteiger charge is -2.29. The number of rotatable bonds is 9. The predicted molar refractivity (Wildman–Crippen MR) is 121 cm³/mol. The highest BCUT2D eigenvalue weighted by atomic mass is 19.1. The number of hydrogen-bond donors (Lipinski definition) is 0. The standard InChI is InChI=1S/C27H35FO2/c1-3-5-7-20-8-10-21(11-9-20)24-16-17-25(26(28)19-24)22-12-14-23(15-13-22)27(29)30-18-6-4-2/h12-17,19-21H,3-11,18H2,1-2H3. The average molecular weight is 411 g/mol. The molecule has 0 aromatic heterocycles. The van der Waals surface area contributed by atoms with Crippen LogP contribution >= 0.6 is 0 Å². The molecule has 3 heteroatoms. The SMILES string of the molecule is CCCCOC(=O)c1ccc(-c2ccc(C3CCC(CCCC)CC3)cc2F)cc1. The van der Waals surface area contributed by atoms with Crippen molar-refractivity contribution in [1.82, 2.24) is 0 Å². The first kappa shape index (κ1) is 22.5. The van der Waals surface area contributed by atoms with E-state index >= 15 is 0 Å². The number of halogens is 1. The van der Waals surface area contributed by atoms with Crippen LogP contribution in [-0.4, -0.2) is 12.6 Å². The van der Waals surface area contributed by atoms with Gasteiger partial charge in [0, 0.05) is 5.56 Å². The summed E-state index contributed by atoms with van der Waals surface area (Å²) >= 11 is 0. The molecule has 162 valence electrons. The number of unbranched alkanes of at least 4 members (excludes halogenated alkanes) is 2. The van der Waals surface area contributed by atoms with Crippen LogP contribution in [0.5, 0.6) is 0 Å². The summed E-state index contributed by atoms with van der Waals surface area (Å²) in [4.78, 5) is 12.0. The Balaban J connectivity index is 1.62. The topological polar surface area (TPSA) is 26.3 Å². The summed E-state index contributed by atoms with van der Waals surface area (Å²) in [6.07, 6.45) is 10.7. The lowest BCUT2D eigenvalue weighted by molar-refractivity contribution is 0.0500. The van der Waals surface area contributed by atoms with Crippen molar-refractivity contribution in [1.29, 1.82) is 0 Å². The fourth-order valence-electron chi connectivity index (χ4n) is 4.48. The van der Waals surface area contributed by atoms with E-state index in [9.17, 15) is 9.18 Å². The predicted octanol–water partition coefficient (Wildman–Crippen LogP) is 7.91. The Bertz CT molecular complexity index is 804. The highest BCUT2D eigenvalue weighted by molar-refractivity contribution is 5.90. The number of esters is 1. The smallest absolute Gasteiger partial charge is 0.338 e. The van der Waals surface area contributed by atoms with Gasteiger partial charge in [-0.05, 0) is 73.3 Å². The number of benzene rings is 2. The molecular weight excluding hydrogens is 375 g/mol. The van der Waals surface area contributed by atoms with Gasteiger partial charge in [0.1, 0.15) is 5.82 Å². The van der Waals surface area contributed by atoms with Crippen molar-refractivity contribution in [3.63, 3.8) is 0 Å². The van der Waals surface area contributed by atoms with Gasteiger partial charge < -0.3 is 4.74 Å². The highest BCUT2D eigenvalue weighted by Crippen LogP contribution is 2.38. The Labute approximate surface area is 180 Å². The summed E-state index contributed by atoms with van der Waals surface area (Å²) in [5.74, 6) is 0.837. The molecule has 1 fully saturated rings. The Morgan fingerprint density at radius 3 is 2.30 bits per heavy atom. The van der Waals surface area contributed by atoms with Gasteiger partial charge in [-0.15, -0.1) is 0 Å². The van der Waals surface area contributed by atoms with Crippen LogP contribution in [0.15, 0.2) is 42.5 Å². The van der Waals surface area contributed by atoms with E-state index in [1.54, 1.807) is 30.3 Å². The van der Waals surface area contributed by atoms with E-state index in [2.05, 4.69) is 19.9 Å². The minimum absolute atomic E-state index is 0.182. The lowest BCUT2D eigenvalue weighted by atomic mass is 9.77. The summed E-state index contributed by atoms with van der Waals surface area (Å²) < 4.78 is 20.1. The van der Waals surface area contributed by atoms with Gasteiger partial charge in [-0.25, -0.2) is 9.18 Å². The summed E-state index contributed by atoms with van der Waals surface area (Å²) in [5, 5.41) is 0. The van der Waals surface area contributed by atoms with Gasteiger partial charge in [0.15, 0.2) is 0 Å². The number of carbonyl (C=O) groups is 1. The van der Waals surface area contributed by atoms with Gasteiger partial charge in [0.05, 0.1) is 12.2 Å². The summed E-state index contributed by atoms with van der Waals surface area (Å²) in [7, 11) is 0. The Morgan fingerprint density at radius 2 is 1.67 bits per heavy atom. The summed E-state index contributed by atoms with van der Waals surface area (Å²) in [6.45, 7) is 4.75. The molecule has 0 bridgehead atoms. The van der Waals surface area contributed by atoms with Crippen molar-refractivity contribution in [2.24, 2.45) is 5.92 Å². The minimum Gasteiger partial charge on any atom is -0.462 e. The van der Waals surface area contributed by atoms with E-state index in [1.807, 2.05) is 6.07 Å². The van der Waals surface area contributed by atoms with Gasteiger partial charge in [0.2, 0.25) is 0 Å². The second-order valence-electron chi connectivity index (χ2n) is 8.67. The molecule has 0 atom stereocenters. The summed E-state index contributed by atoms with van der Waals surface area (Å²) in [5.41, 5.74) is 3.00. The van der Waals surface area contributed by atoms with Crippen LogP contribution < -0.4 is 0 Å². The summed E-state index contributed by atoms with van der Waals surface area (Å²) in [6, 6.07) is 12.7.